The third kappa shape index (κ3) is 3.99. The summed E-state index contributed by atoms with van der Waals surface area (Å²) in [6, 6.07) is 10.1. The van der Waals surface area contributed by atoms with E-state index in [0.29, 0.717) is 6.54 Å². The largest absolute Gasteiger partial charge is 0.409 e. The van der Waals surface area contributed by atoms with Crippen molar-refractivity contribution in [1.82, 2.24) is 4.90 Å². The van der Waals surface area contributed by atoms with E-state index in [-0.39, 0.29) is 5.84 Å². The molecule has 0 heterocycles. The van der Waals surface area contributed by atoms with Gasteiger partial charge in [0.2, 0.25) is 0 Å². The van der Waals surface area contributed by atoms with Gasteiger partial charge in [0.25, 0.3) is 0 Å². The van der Waals surface area contributed by atoms with Crippen molar-refractivity contribution in [3.05, 3.63) is 35.9 Å². The molecule has 0 fully saturated rings. The fraction of sp³-hybridized carbons (Fsp3) is 0.364. The Morgan fingerprint density at radius 3 is 2.60 bits per heavy atom. The molecule has 0 aliphatic carbocycles. The van der Waals surface area contributed by atoms with Crippen LogP contribution in [0.1, 0.15) is 12.5 Å². The quantitative estimate of drug-likeness (QED) is 0.330. The third-order valence-electron chi connectivity index (χ3n) is 2.21. The molecule has 0 saturated carbocycles. The van der Waals surface area contributed by atoms with Gasteiger partial charge in [-0.3, -0.25) is 4.90 Å². The molecule has 0 amide bonds. The predicted molar refractivity (Wildman–Crippen MR) is 60.8 cm³/mol. The van der Waals surface area contributed by atoms with Crippen molar-refractivity contribution >= 4 is 5.84 Å². The van der Waals surface area contributed by atoms with E-state index in [0.717, 1.165) is 13.1 Å². The van der Waals surface area contributed by atoms with Crippen LogP contribution in [0.25, 0.3) is 0 Å². The topological polar surface area (TPSA) is 61.8 Å². The Kier molecular flexibility index (Phi) is 4.63. The summed E-state index contributed by atoms with van der Waals surface area (Å²) in [5.41, 5.74) is 6.69. The number of likely N-dealkylation sites (N-methyl/N-ethyl adjacent to an activating group) is 1. The first-order valence-corrected chi connectivity index (χ1v) is 4.99. The Morgan fingerprint density at radius 2 is 2.07 bits per heavy atom. The first-order chi connectivity index (χ1) is 7.26. The smallest absolute Gasteiger partial charge is 0.153 e. The number of nitrogens with zero attached hydrogens (tertiary/aromatic N) is 2. The highest BCUT2D eigenvalue weighted by Crippen LogP contribution is 2.03. The molecule has 3 N–H and O–H groups in total. The van der Waals surface area contributed by atoms with Gasteiger partial charge in [-0.1, -0.05) is 42.4 Å². The van der Waals surface area contributed by atoms with Gasteiger partial charge >= 0.3 is 0 Å². The molecular formula is C11H17N3O. The van der Waals surface area contributed by atoms with Crippen molar-refractivity contribution in [3.8, 4) is 0 Å². The highest BCUT2D eigenvalue weighted by molar-refractivity contribution is 5.81. The third-order valence-corrected chi connectivity index (χ3v) is 2.21. The van der Waals surface area contributed by atoms with Crippen LogP contribution in [0.2, 0.25) is 0 Å². The first-order valence-electron chi connectivity index (χ1n) is 4.99. The lowest BCUT2D eigenvalue weighted by atomic mass is 10.2. The molecule has 1 rings (SSSR count). The summed E-state index contributed by atoms with van der Waals surface area (Å²) in [5.74, 6) is 0.243. The maximum Gasteiger partial charge on any atom is 0.153 e. The fourth-order valence-corrected chi connectivity index (χ4v) is 1.38. The lowest BCUT2D eigenvalue weighted by molar-refractivity contribution is 0.294. The van der Waals surface area contributed by atoms with Gasteiger partial charge in [0.1, 0.15) is 0 Å². The zero-order chi connectivity index (χ0) is 11.1. The molecule has 15 heavy (non-hydrogen) atoms. The lowest BCUT2D eigenvalue weighted by Crippen LogP contribution is -2.33. The Hall–Kier alpha value is -1.55. The number of amidine groups is 1. The first kappa shape index (κ1) is 11.5. The van der Waals surface area contributed by atoms with Crippen molar-refractivity contribution in [2.75, 3.05) is 13.1 Å². The van der Waals surface area contributed by atoms with Crippen LogP contribution in [0.15, 0.2) is 35.5 Å². The zero-order valence-corrected chi connectivity index (χ0v) is 8.93. The molecule has 82 valence electrons. The summed E-state index contributed by atoms with van der Waals surface area (Å²) in [6.07, 6.45) is 0. The number of hydrogen-bond acceptors (Lipinski definition) is 3. The van der Waals surface area contributed by atoms with E-state index in [2.05, 4.69) is 22.2 Å². The summed E-state index contributed by atoms with van der Waals surface area (Å²) in [4.78, 5) is 2.10. The second kappa shape index (κ2) is 6.03. The van der Waals surface area contributed by atoms with Gasteiger partial charge in [-0.25, -0.2) is 0 Å². The molecule has 0 bridgehead atoms. The summed E-state index contributed by atoms with van der Waals surface area (Å²) >= 11 is 0. The molecule has 1 aromatic carbocycles. The van der Waals surface area contributed by atoms with E-state index < -0.39 is 0 Å². The van der Waals surface area contributed by atoms with Crippen LogP contribution >= 0.6 is 0 Å². The molecule has 4 nitrogen and oxygen atoms in total. The van der Waals surface area contributed by atoms with E-state index in [1.54, 1.807) is 0 Å². The van der Waals surface area contributed by atoms with Crippen LogP contribution in [0.4, 0.5) is 0 Å². The zero-order valence-electron chi connectivity index (χ0n) is 8.93. The Balaban J connectivity index is 2.54. The molecule has 0 aliphatic rings. The maximum absolute atomic E-state index is 8.48. The highest BCUT2D eigenvalue weighted by atomic mass is 16.4. The van der Waals surface area contributed by atoms with Crippen molar-refractivity contribution in [1.29, 1.82) is 0 Å². The van der Waals surface area contributed by atoms with E-state index in [1.807, 2.05) is 25.1 Å². The molecule has 0 spiro atoms. The molecule has 0 atom stereocenters. The molecule has 1 aromatic rings. The summed E-state index contributed by atoms with van der Waals surface area (Å²) in [5, 5.41) is 11.5. The van der Waals surface area contributed by atoms with Crippen LogP contribution < -0.4 is 5.73 Å². The second-order valence-electron chi connectivity index (χ2n) is 3.38. The molecular weight excluding hydrogens is 190 g/mol. The van der Waals surface area contributed by atoms with E-state index >= 15 is 0 Å². The number of nitrogens with two attached hydrogens (primary N) is 1. The minimum Gasteiger partial charge on any atom is -0.409 e. The highest BCUT2D eigenvalue weighted by Gasteiger charge is 2.05. The van der Waals surface area contributed by atoms with Gasteiger partial charge in [-0.15, -0.1) is 0 Å². The van der Waals surface area contributed by atoms with Crippen molar-refractivity contribution in [2.45, 2.75) is 13.5 Å². The van der Waals surface area contributed by atoms with Crippen molar-refractivity contribution in [2.24, 2.45) is 10.9 Å². The van der Waals surface area contributed by atoms with E-state index in [1.165, 1.54) is 5.56 Å². The van der Waals surface area contributed by atoms with Crippen LogP contribution in [-0.2, 0) is 6.54 Å². The Bertz CT molecular complexity index is 311. The average molecular weight is 207 g/mol. The monoisotopic (exact) mass is 207 g/mol. The van der Waals surface area contributed by atoms with Crippen molar-refractivity contribution in [3.63, 3.8) is 0 Å². The second-order valence-corrected chi connectivity index (χ2v) is 3.38. The predicted octanol–water partition coefficient (Wildman–Crippen LogP) is 1.25. The SMILES string of the molecule is CCN(C/C(N)=N/O)Cc1ccccc1. The molecule has 0 saturated heterocycles. The van der Waals surface area contributed by atoms with Gasteiger partial charge in [0, 0.05) is 6.54 Å². The summed E-state index contributed by atoms with van der Waals surface area (Å²) < 4.78 is 0. The minimum absolute atomic E-state index is 0.243. The molecule has 4 heteroatoms. The molecule has 0 unspecified atom stereocenters. The van der Waals surface area contributed by atoms with Gasteiger partial charge in [0.05, 0.1) is 6.54 Å². The summed E-state index contributed by atoms with van der Waals surface area (Å²) in [7, 11) is 0. The van der Waals surface area contributed by atoms with Gasteiger partial charge < -0.3 is 10.9 Å². The maximum atomic E-state index is 8.48. The molecule has 0 aromatic heterocycles. The standard InChI is InChI=1S/C11H17N3O/c1-2-14(9-11(12)13-15)8-10-6-4-3-5-7-10/h3-7,15H,2,8-9H2,1H3,(H2,12,13). The van der Waals surface area contributed by atoms with Crippen LogP contribution in [0.5, 0.6) is 0 Å². The average Bonchev–Trinajstić information content (AvgIpc) is 2.29. The van der Waals surface area contributed by atoms with Crippen LogP contribution in [-0.4, -0.2) is 29.0 Å². The normalized spacial score (nSPS) is 12.0. The van der Waals surface area contributed by atoms with Crippen LogP contribution in [0, 0.1) is 0 Å². The van der Waals surface area contributed by atoms with Gasteiger partial charge in [0.15, 0.2) is 5.84 Å². The number of hydrogen-bond donors (Lipinski definition) is 2. The number of rotatable bonds is 5. The lowest BCUT2D eigenvalue weighted by Gasteiger charge is -2.19. The number of benzene rings is 1. The molecule has 0 aliphatic heterocycles. The van der Waals surface area contributed by atoms with Gasteiger partial charge in [-0.05, 0) is 12.1 Å². The van der Waals surface area contributed by atoms with Gasteiger partial charge in [-0.2, -0.15) is 0 Å². The van der Waals surface area contributed by atoms with Crippen molar-refractivity contribution < 1.29 is 5.21 Å². The molecule has 0 radical (unpaired) electrons. The Labute approximate surface area is 90.0 Å². The summed E-state index contributed by atoms with van der Waals surface area (Å²) in [6.45, 7) is 4.22. The van der Waals surface area contributed by atoms with E-state index in [9.17, 15) is 0 Å². The minimum atomic E-state index is 0.243. The van der Waals surface area contributed by atoms with E-state index in [4.69, 9.17) is 10.9 Å². The fourth-order valence-electron chi connectivity index (χ4n) is 1.38. The van der Waals surface area contributed by atoms with Crippen LogP contribution in [0.3, 0.4) is 0 Å². The number of oxime groups is 1. The Morgan fingerprint density at radius 1 is 1.40 bits per heavy atom.